The van der Waals surface area contributed by atoms with Crippen molar-refractivity contribution in [3.63, 3.8) is 0 Å². The van der Waals surface area contributed by atoms with Gasteiger partial charge in [0.2, 0.25) is 5.91 Å². The first-order valence-electron chi connectivity index (χ1n) is 8.03. The Kier molecular flexibility index (Phi) is 5.78. The van der Waals surface area contributed by atoms with Crippen molar-refractivity contribution in [1.82, 2.24) is 16.0 Å². The summed E-state index contributed by atoms with van der Waals surface area (Å²) < 4.78 is 5.76. The largest absolute Gasteiger partial charge is 0.491 e. The lowest BCUT2D eigenvalue weighted by Crippen LogP contribution is -2.32. The number of amides is 4. The second kappa shape index (κ2) is 7.81. The van der Waals surface area contributed by atoms with E-state index in [0.717, 1.165) is 11.3 Å². The topological polar surface area (TPSA) is 96.5 Å². The fourth-order valence-corrected chi connectivity index (χ4v) is 2.53. The van der Waals surface area contributed by atoms with Gasteiger partial charge in [-0.3, -0.25) is 14.9 Å². The van der Waals surface area contributed by atoms with Crippen LogP contribution in [0.1, 0.15) is 45.2 Å². The summed E-state index contributed by atoms with van der Waals surface area (Å²) in [6.07, 6.45) is 0.453. The number of para-hydroxylation sites is 1. The molecule has 1 aromatic rings. The number of urea groups is 1. The zero-order valence-electron chi connectivity index (χ0n) is 14.1. The Hall–Kier alpha value is -2.57. The molecule has 3 N–H and O–H groups in total. The first-order valence-corrected chi connectivity index (χ1v) is 8.03. The highest BCUT2D eigenvalue weighted by Crippen LogP contribution is 2.25. The maximum absolute atomic E-state index is 12.1. The third-order valence-corrected chi connectivity index (χ3v) is 3.64. The lowest BCUT2D eigenvalue weighted by atomic mass is 10.1. The molecule has 2 rings (SSSR count). The van der Waals surface area contributed by atoms with Crippen LogP contribution in [0, 0.1) is 0 Å². The number of imide groups is 1. The van der Waals surface area contributed by atoms with Gasteiger partial charge >= 0.3 is 6.03 Å². The maximum Gasteiger partial charge on any atom is 0.322 e. The predicted molar refractivity (Wildman–Crippen MR) is 88.5 cm³/mol. The molecule has 4 amide bonds. The highest BCUT2D eigenvalue weighted by molar-refractivity contribution is 6.04. The maximum atomic E-state index is 12.1. The van der Waals surface area contributed by atoms with E-state index in [0.29, 0.717) is 0 Å². The highest BCUT2D eigenvalue weighted by atomic mass is 16.5. The molecule has 7 nitrogen and oxygen atoms in total. The van der Waals surface area contributed by atoms with Gasteiger partial charge in [-0.2, -0.15) is 0 Å². The first-order chi connectivity index (χ1) is 11.4. The lowest BCUT2D eigenvalue weighted by Gasteiger charge is -2.20. The van der Waals surface area contributed by atoms with Crippen molar-refractivity contribution < 1.29 is 19.1 Å². The smallest absolute Gasteiger partial charge is 0.322 e. The van der Waals surface area contributed by atoms with Gasteiger partial charge in [0.1, 0.15) is 11.8 Å². The van der Waals surface area contributed by atoms with Crippen LogP contribution in [0.2, 0.25) is 0 Å². The van der Waals surface area contributed by atoms with Crippen molar-refractivity contribution in [3.05, 3.63) is 29.8 Å². The lowest BCUT2D eigenvalue weighted by molar-refractivity contribution is -0.122. The Morgan fingerprint density at radius 1 is 1.25 bits per heavy atom. The molecular formula is C17H23N3O4. The van der Waals surface area contributed by atoms with Crippen LogP contribution in [-0.4, -0.2) is 30.0 Å². The fraction of sp³-hybridized carbons (Fsp3) is 0.471. The summed E-state index contributed by atoms with van der Waals surface area (Å²) in [6, 6.07) is 6.18. The van der Waals surface area contributed by atoms with Gasteiger partial charge in [0.15, 0.2) is 0 Å². The monoisotopic (exact) mass is 333 g/mol. The number of nitrogens with one attached hydrogen (secondary N) is 3. The van der Waals surface area contributed by atoms with Crippen LogP contribution < -0.4 is 20.7 Å². The van der Waals surface area contributed by atoms with Gasteiger partial charge in [-0.25, -0.2) is 4.79 Å². The van der Waals surface area contributed by atoms with Gasteiger partial charge in [0.05, 0.1) is 12.1 Å². The number of ether oxygens (including phenoxy) is 1. The van der Waals surface area contributed by atoms with Gasteiger partial charge in [-0.1, -0.05) is 18.2 Å². The Labute approximate surface area is 141 Å². The van der Waals surface area contributed by atoms with Gasteiger partial charge in [0, 0.05) is 12.0 Å². The van der Waals surface area contributed by atoms with E-state index in [1.165, 1.54) is 0 Å². The van der Waals surface area contributed by atoms with E-state index in [2.05, 4.69) is 16.0 Å². The van der Waals surface area contributed by atoms with E-state index < -0.39 is 18.0 Å². The molecule has 1 heterocycles. The minimum atomic E-state index is -0.643. The zero-order chi connectivity index (χ0) is 17.7. The summed E-state index contributed by atoms with van der Waals surface area (Å²) in [7, 11) is 0. The van der Waals surface area contributed by atoms with E-state index in [4.69, 9.17) is 4.74 Å². The highest BCUT2D eigenvalue weighted by Gasteiger charge is 2.29. The molecule has 2 atom stereocenters. The molecule has 0 radical (unpaired) electrons. The Morgan fingerprint density at radius 2 is 1.96 bits per heavy atom. The average Bonchev–Trinajstić information content (AvgIpc) is 2.83. The van der Waals surface area contributed by atoms with E-state index in [-0.39, 0.29) is 30.9 Å². The van der Waals surface area contributed by atoms with Gasteiger partial charge in [-0.15, -0.1) is 0 Å². The molecule has 24 heavy (non-hydrogen) atoms. The van der Waals surface area contributed by atoms with Crippen molar-refractivity contribution in [2.45, 2.75) is 51.8 Å². The summed E-state index contributed by atoms with van der Waals surface area (Å²) >= 11 is 0. The van der Waals surface area contributed by atoms with Gasteiger partial charge in [-0.05, 0) is 33.3 Å². The molecule has 1 saturated heterocycles. The Bertz CT molecular complexity index is 630. The van der Waals surface area contributed by atoms with Crippen LogP contribution in [0.4, 0.5) is 4.79 Å². The fourth-order valence-electron chi connectivity index (χ4n) is 2.53. The van der Waals surface area contributed by atoms with E-state index >= 15 is 0 Å². The van der Waals surface area contributed by atoms with Crippen LogP contribution in [0.25, 0.3) is 0 Å². The van der Waals surface area contributed by atoms with Gasteiger partial charge in [0.25, 0.3) is 5.91 Å². The van der Waals surface area contributed by atoms with Crippen LogP contribution >= 0.6 is 0 Å². The van der Waals surface area contributed by atoms with E-state index in [1.807, 2.05) is 45.0 Å². The molecule has 0 bridgehead atoms. The summed E-state index contributed by atoms with van der Waals surface area (Å²) in [5.74, 6) is 0.162. The number of carbonyl (C=O) groups is 3. The number of rotatable bonds is 7. The number of hydrogen-bond acceptors (Lipinski definition) is 4. The molecule has 130 valence electrons. The molecule has 0 unspecified atom stereocenters. The third kappa shape index (κ3) is 4.71. The van der Waals surface area contributed by atoms with Crippen molar-refractivity contribution in [2.24, 2.45) is 0 Å². The van der Waals surface area contributed by atoms with Crippen LogP contribution in [0.3, 0.4) is 0 Å². The number of benzene rings is 1. The third-order valence-electron chi connectivity index (χ3n) is 3.64. The summed E-state index contributed by atoms with van der Waals surface area (Å²) in [6.45, 7) is 5.77. The Morgan fingerprint density at radius 3 is 2.58 bits per heavy atom. The normalized spacial score (nSPS) is 18.1. The van der Waals surface area contributed by atoms with Crippen molar-refractivity contribution in [1.29, 1.82) is 0 Å². The predicted octanol–water partition coefficient (Wildman–Crippen LogP) is 1.64. The second-order valence-corrected chi connectivity index (χ2v) is 6.05. The van der Waals surface area contributed by atoms with E-state index in [1.54, 1.807) is 0 Å². The van der Waals surface area contributed by atoms with Crippen molar-refractivity contribution >= 4 is 17.8 Å². The molecular weight excluding hydrogens is 310 g/mol. The molecule has 1 aliphatic rings. The minimum absolute atomic E-state index is 0.0403. The molecule has 1 fully saturated rings. The molecule has 0 spiro atoms. The SMILES string of the molecule is CC(C)Oc1ccccc1[C@@H](C)NC(=O)CC[C@H]1NC(=O)NC1=O. The molecule has 0 aliphatic carbocycles. The van der Waals surface area contributed by atoms with Crippen LogP contribution in [0.5, 0.6) is 5.75 Å². The number of hydrogen-bond donors (Lipinski definition) is 3. The molecule has 0 saturated carbocycles. The molecule has 1 aromatic carbocycles. The van der Waals surface area contributed by atoms with Crippen LogP contribution in [-0.2, 0) is 9.59 Å². The minimum Gasteiger partial charge on any atom is -0.491 e. The molecule has 7 heteroatoms. The standard InChI is InChI=1S/C17H23N3O4/c1-10(2)24-14-7-5-4-6-12(14)11(3)18-15(21)9-8-13-16(22)20-17(23)19-13/h4-7,10-11,13H,8-9H2,1-3H3,(H,18,21)(H2,19,20,22,23)/t11-,13-/m1/s1. The first kappa shape index (κ1) is 17.8. The van der Waals surface area contributed by atoms with Crippen molar-refractivity contribution in [3.8, 4) is 5.75 Å². The summed E-state index contributed by atoms with van der Waals surface area (Å²) in [5, 5.41) is 7.52. The number of carbonyl (C=O) groups excluding carboxylic acids is 3. The second-order valence-electron chi connectivity index (χ2n) is 6.05. The summed E-state index contributed by atoms with van der Waals surface area (Å²) in [5.41, 5.74) is 0.895. The molecule has 0 aromatic heterocycles. The average molecular weight is 333 g/mol. The Balaban J connectivity index is 1.90. The zero-order valence-corrected chi connectivity index (χ0v) is 14.1. The van der Waals surface area contributed by atoms with Crippen molar-refractivity contribution in [2.75, 3.05) is 0 Å². The van der Waals surface area contributed by atoms with Crippen LogP contribution in [0.15, 0.2) is 24.3 Å². The van der Waals surface area contributed by atoms with E-state index in [9.17, 15) is 14.4 Å². The summed E-state index contributed by atoms with van der Waals surface area (Å²) in [4.78, 5) is 34.6. The quantitative estimate of drug-likeness (QED) is 0.661. The molecule has 1 aliphatic heterocycles. The van der Waals surface area contributed by atoms with Gasteiger partial charge < -0.3 is 15.4 Å².